The number of pyridine rings is 3. The van der Waals surface area contributed by atoms with Crippen LogP contribution in [0, 0.1) is 5.82 Å². The molecule has 0 unspecified atom stereocenters. The summed E-state index contributed by atoms with van der Waals surface area (Å²) in [4.78, 5) is 19.8. The fraction of sp³-hybridized carbons (Fsp3) is 0.172. The number of rotatable bonds is 5. The SMILES string of the molecule is Fc1ccccc1-c1ccnc2[nH]c(-c3n[nH]c4ccc(-c5cncc(CN6CCCC6)c5)nc34)cc12. The minimum absolute atomic E-state index is 0.269. The van der Waals surface area contributed by atoms with Gasteiger partial charge in [0, 0.05) is 41.6 Å². The van der Waals surface area contributed by atoms with Gasteiger partial charge in [0.2, 0.25) is 0 Å². The molecule has 0 spiro atoms. The van der Waals surface area contributed by atoms with Crippen molar-refractivity contribution in [1.82, 2.24) is 35.0 Å². The molecule has 0 bridgehead atoms. The fourth-order valence-corrected chi connectivity index (χ4v) is 5.23. The van der Waals surface area contributed by atoms with Gasteiger partial charge in [0.15, 0.2) is 0 Å². The molecule has 1 aromatic carbocycles. The van der Waals surface area contributed by atoms with Crippen molar-refractivity contribution in [2.75, 3.05) is 13.1 Å². The van der Waals surface area contributed by atoms with Crippen LogP contribution in [-0.2, 0) is 6.54 Å². The third kappa shape index (κ3) is 3.95. The highest BCUT2D eigenvalue weighted by molar-refractivity contribution is 5.99. The first-order valence-corrected chi connectivity index (χ1v) is 12.5. The minimum atomic E-state index is -0.269. The summed E-state index contributed by atoms with van der Waals surface area (Å²) < 4.78 is 14.6. The van der Waals surface area contributed by atoms with Gasteiger partial charge in [-0.2, -0.15) is 5.10 Å². The van der Waals surface area contributed by atoms with Gasteiger partial charge in [-0.25, -0.2) is 14.4 Å². The summed E-state index contributed by atoms with van der Waals surface area (Å²) in [6.07, 6.45) is 8.01. The number of aromatic nitrogens is 6. The van der Waals surface area contributed by atoms with Crippen molar-refractivity contribution in [3.05, 3.63) is 84.6 Å². The van der Waals surface area contributed by atoms with Crippen molar-refractivity contribution in [3.8, 4) is 33.8 Å². The first-order valence-electron chi connectivity index (χ1n) is 12.5. The van der Waals surface area contributed by atoms with Crippen LogP contribution < -0.4 is 0 Å². The molecule has 8 heteroatoms. The molecule has 2 N–H and O–H groups in total. The zero-order valence-corrected chi connectivity index (χ0v) is 20.1. The highest BCUT2D eigenvalue weighted by atomic mass is 19.1. The Bertz CT molecular complexity index is 1750. The number of likely N-dealkylation sites (tertiary alicyclic amines) is 1. The summed E-state index contributed by atoms with van der Waals surface area (Å²) in [5, 5.41) is 8.48. The Hall–Kier alpha value is -4.43. The van der Waals surface area contributed by atoms with E-state index < -0.39 is 0 Å². The van der Waals surface area contributed by atoms with Crippen molar-refractivity contribution >= 4 is 22.1 Å². The summed E-state index contributed by atoms with van der Waals surface area (Å²) in [5.41, 5.74) is 8.03. The maximum Gasteiger partial charge on any atom is 0.138 e. The molecule has 6 aromatic rings. The molecule has 37 heavy (non-hydrogen) atoms. The highest BCUT2D eigenvalue weighted by Crippen LogP contribution is 2.34. The van der Waals surface area contributed by atoms with Gasteiger partial charge in [0.1, 0.15) is 22.7 Å². The summed E-state index contributed by atoms with van der Waals surface area (Å²) in [7, 11) is 0. The molecule has 6 heterocycles. The van der Waals surface area contributed by atoms with Gasteiger partial charge >= 0.3 is 0 Å². The minimum Gasteiger partial charge on any atom is -0.338 e. The van der Waals surface area contributed by atoms with E-state index in [1.807, 2.05) is 42.7 Å². The van der Waals surface area contributed by atoms with Crippen molar-refractivity contribution in [2.24, 2.45) is 0 Å². The average molecular weight is 490 g/mol. The Kier molecular flexibility index (Phi) is 5.25. The van der Waals surface area contributed by atoms with E-state index in [0.717, 1.165) is 58.6 Å². The Morgan fingerprint density at radius 2 is 1.84 bits per heavy atom. The molecule has 0 radical (unpaired) electrons. The van der Waals surface area contributed by atoms with Gasteiger partial charge in [0.25, 0.3) is 0 Å². The van der Waals surface area contributed by atoms with E-state index in [9.17, 15) is 4.39 Å². The molecule has 1 aliphatic rings. The Morgan fingerprint density at radius 1 is 0.946 bits per heavy atom. The molecule has 0 aliphatic carbocycles. The third-order valence-electron chi connectivity index (χ3n) is 7.05. The van der Waals surface area contributed by atoms with Gasteiger partial charge < -0.3 is 4.98 Å². The second-order valence-corrected chi connectivity index (χ2v) is 9.51. The first kappa shape index (κ1) is 21.8. The number of hydrogen-bond donors (Lipinski definition) is 2. The van der Waals surface area contributed by atoms with E-state index >= 15 is 0 Å². The molecule has 7 nitrogen and oxygen atoms in total. The molecule has 0 saturated carbocycles. The number of aromatic amines is 2. The summed E-state index contributed by atoms with van der Waals surface area (Å²) in [6.45, 7) is 3.20. The fourth-order valence-electron chi connectivity index (χ4n) is 5.23. The molecule has 1 aliphatic heterocycles. The summed E-state index contributed by atoms with van der Waals surface area (Å²) in [5.74, 6) is -0.269. The van der Waals surface area contributed by atoms with E-state index in [1.54, 1.807) is 18.3 Å². The topological polar surface area (TPSA) is 86.4 Å². The van der Waals surface area contributed by atoms with Gasteiger partial charge in [-0.05, 0) is 73.5 Å². The predicted octanol–water partition coefficient (Wildman–Crippen LogP) is 5.97. The zero-order valence-electron chi connectivity index (χ0n) is 20.1. The van der Waals surface area contributed by atoms with Gasteiger partial charge in [-0.3, -0.25) is 15.0 Å². The van der Waals surface area contributed by atoms with Crippen LogP contribution in [0.1, 0.15) is 18.4 Å². The third-order valence-corrected chi connectivity index (χ3v) is 7.05. The van der Waals surface area contributed by atoms with E-state index in [1.165, 1.54) is 24.5 Å². The second kappa shape index (κ2) is 8.90. The summed E-state index contributed by atoms with van der Waals surface area (Å²) in [6, 6.07) is 16.7. The molecule has 0 amide bonds. The molecule has 7 rings (SSSR count). The van der Waals surface area contributed by atoms with Gasteiger partial charge in [0.05, 0.1) is 16.9 Å². The predicted molar refractivity (Wildman–Crippen MR) is 142 cm³/mol. The van der Waals surface area contributed by atoms with Crippen molar-refractivity contribution in [2.45, 2.75) is 19.4 Å². The van der Waals surface area contributed by atoms with Crippen LogP contribution in [0.15, 0.2) is 73.2 Å². The van der Waals surface area contributed by atoms with Gasteiger partial charge in [-0.1, -0.05) is 18.2 Å². The van der Waals surface area contributed by atoms with Gasteiger partial charge in [-0.15, -0.1) is 0 Å². The smallest absolute Gasteiger partial charge is 0.138 e. The van der Waals surface area contributed by atoms with Crippen molar-refractivity contribution in [1.29, 1.82) is 0 Å². The maximum atomic E-state index is 14.6. The van der Waals surface area contributed by atoms with Crippen molar-refractivity contribution in [3.63, 3.8) is 0 Å². The number of fused-ring (bicyclic) bond motifs is 2. The normalized spacial score (nSPS) is 14.2. The lowest BCUT2D eigenvalue weighted by atomic mass is 10.0. The number of halogens is 1. The number of benzene rings is 1. The Balaban J connectivity index is 1.29. The van der Waals surface area contributed by atoms with Crippen LogP contribution in [0.3, 0.4) is 0 Å². The van der Waals surface area contributed by atoms with Crippen LogP contribution in [0.25, 0.3) is 55.8 Å². The molecule has 182 valence electrons. The van der Waals surface area contributed by atoms with E-state index in [0.29, 0.717) is 16.9 Å². The average Bonchev–Trinajstić information content (AvgIpc) is 3.68. The van der Waals surface area contributed by atoms with Crippen LogP contribution in [-0.4, -0.2) is 48.1 Å². The lowest BCUT2D eigenvalue weighted by Crippen LogP contribution is -2.18. The molecule has 0 atom stereocenters. The second-order valence-electron chi connectivity index (χ2n) is 9.51. The zero-order chi connectivity index (χ0) is 24.8. The standard InChI is InChI=1S/C29H24FN7/c30-23-6-2-1-5-21(23)20-9-10-32-29-22(20)14-26(34-29)28-27-25(35-36-28)8-7-24(33-27)19-13-18(15-31-16-19)17-37-11-3-4-12-37/h1-2,5-10,13-16H,3-4,11-12,17H2,(H,32,34)(H,35,36). The quantitative estimate of drug-likeness (QED) is 0.312. The van der Waals surface area contributed by atoms with Crippen molar-refractivity contribution < 1.29 is 4.39 Å². The molecule has 1 fully saturated rings. The lowest BCUT2D eigenvalue weighted by molar-refractivity contribution is 0.331. The highest BCUT2D eigenvalue weighted by Gasteiger charge is 2.17. The largest absolute Gasteiger partial charge is 0.338 e. The lowest BCUT2D eigenvalue weighted by Gasteiger charge is -2.14. The number of nitrogens with one attached hydrogen (secondary N) is 2. The van der Waals surface area contributed by atoms with E-state index in [2.05, 4.69) is 36.1 Å². The van der Waals surface area contributed by atoms with Crippen LogP contribution in [0.2, 0.25) is 0 Å². The number of hydrogen-bond acceptors (Lipinski definition) is 5. The number of H-pyrrole nitrogens is 2. The monoisotopic (exact) mass is 489 g/mol. The molecule has 5 aromatic heterocycles. The van der Waals surface area contributed by atoms with E-state index in [4.69, 9.17) is 4.98 Å². The Morgan fingerprint density at radius 3 is 2.73 bits per heavy atom. The maximum absolute atomic E-state index is 14.6. The first-order chi connectivity index (χ1) is 18.2. The summed E-state index contributed by atoms with van der Waals surface area (Å²) >= 11 is 0. The molecular formula is C29H24FN7. The van der Waals surface area contributed by atoms with Crippen LogP contribution in [0.4, 0.5) is 4.39 Å². The van der Waals surface area contributed by atoms with Crippen LogP contribution >= 0.6 is 0 Å². The molecular weight excluding hydrogens is 465 g/mol. The molecule has 1 saturated heterocycles. The van der Waals surface area contributed by atoms with Crippen LogP contribution in [0.5, 0.6) is 0 Å². The number of nitrogens with zero attached hydrogens (tertiary/aromatic N) is 5. The van der Waals surface area contributed by atoms with E-state index in [-0.39, 0.29) is 5.82 Å². The Labute approximate surface area is 212 Å².